The highest BCUT2D eigenvalue weighted by Gasteiger charge is 2.35. The van der Waals surface area contributed by atoms with Crippen molar-refractivity contribution < 1.29 is 13.7 Å². The maximum absolute atomic E-state index is 14.0. The molecule has 3 aromatic rings. The Kier molecular flexibility index (Phi) is 4.42. The molecule has 4 rings (SSSR count). The lowest BCUT2D eigenvalue weighted by Gasteiger charge is -2.22. The van der Waals surface area contributed by atoms with Crippen LogP contribution in [-0.4, -0.2) is 27.5 Å². The number of nitrogens with zero attached hydrogens (tertiary/aromatic N) is 3. The minimum atomic E-state index is -0.534. The molecule has 26 heavy (non-hydrogen) atoms. The molecule has 0 radical (unpaired) electrons. The van der Waals surface area contributed by atoms with Gasteiger partial charge in [-0.25, -0.2) is 4.39 Å². The van der Waals surface area contributed by atoms with Gasteiger partial charge in [0.1, 0.15) is 11.9 Å². The highest BCUT2D eigenvalue weighted by Crippen LogP contribution is 2.33. The molecule has 1 fully saturated rings. The monoisotopic (exact) mass is 371 g/mol. The first-order valence-corrected chi connectivity index (χ1v) is 8.66. The standard InChI is InChI=1S/C19H15ClFN3O2/c20-13-6-3-5-12(11-13)17-22-18(26-23-17)16-9-4-10-24(16)19(25)14-7-1-2-8-15(14)21/h1-3,5-8,11,16H,4,9-10H2. The van der Waals surface area contributed by atoms with Crippen molar-refractivity contribution >= 4 is 17.5 Å². The molecule has 7 heteroatoms. The van der Waals surface area contributed by atoms with Gasteiger partial charge in [-0.15, -0.1) is 0 Å². The summed E-state index contributed by atoms with van der Waals surface area (Å²) in [6, 6.07) is 12.7. The first-order valence-electron chi connectivity index (χ1n) is 8.28. The fourth-order valence-corrected chi connectivity index (χ4v) is 3.36. The fraction of sp³-hybridized carbons (Fsp3) is 0.211. The smallest absolute Gasteiger partial charge is 0.257 e. The third-order valence-corrected chi connectivity index (χ3v) is 4.66. The van der Waals surface area contributed by atoms with Crippen LogP contribution in [0.2, 0.25) is 5.02 Å². The Bertz CT molecular complexity index is 959. The number of likely N-dealkylation sites (tertiary alicyclic amines) is 1. The van der Waals surface area contributed by atoms with E-state index in [1.54, 1.807) is 35.2 Å². The second-order valence-corrected chi connectivity index (χ2v) is 6.54. The first kappa shape index (κ1) is 16.7. The van der Waals surface area contributed by atoms with Gasteiger partial charge in [0.25, 0.3) is 5.91 Å². The number of carbonyl (C=O) groups excluding carboxylic acids is 1. The lowest BCUT2D eigenvalue weighted by molar-refractivity contribution is 0.0705. The minimum absolute atomic E-state index is 0.0500. The zero-order valence-electron chi connectivity index (χ0n) is 13.7. The van der Waals surface area contributed by atoms with E-state index in [1.165, 1.54) is 12.1 Å². The predicted octanol–water partition coefficient (Wildman–Crippen LogP) is 4.51. The van der Waals surface area contributed by atoms with E-state index in [9.17, 15) is 9.18 Å². The average Bonchev–Trinajstić information content (AvgIpc) is 3.31. The van der Waals surface area contributed by atoms with E-state index in [2.05, 4.69) is 10.1 Å². The predicted molar refractivity (Wildman–Crippen MR) is 94.2 cm³/mol. The van der Waals surface area contributed by atoms with Crippen LogP contribution < -0.4 is 0 Å². The molecule has 0 bridgehead atoms. The van der Waals surface area contributed by atoms with Crippen molar-refractivity contribution in [3.05, 3.63) is 70.8 Å². The summed E-state index contributed by atoms with van der Waals surface area (Å²) in [7, 11) is 0. The van der Waals surface area contributed by atoms with Gasteiger partial charge in [0.2, 0.25) is 11.7 Å². The molecule has 1 atom stereocenters. The molecule has 0 aliphatic carbocycles. The summed E-state index contributed by atoms with van der Waals surface area (Å²) in [4.78, 5) is 18.8. The van der Waals surface area contributed by atoms with Crippen LogP contribution in [0.4, 0.5) is 4.39 Å². The number of halogens is 2. The number of hydrogen-bond acceptors (Lipinski definition) is 4. The van der Waals surface area contributed by atoms with Crippen molar-refractivity contribution in [3.63, 3.8) is 0 Å². The summed E-state index contributed by atoms with van der Waals surface area (Å²) >= 11 is 6.00. The van der Waals surface area contributed by atoms with E-state index < -0.39 is 5.82 Å². The zero-order chi connectivity index (χ0) is 18.1. The van der Waals surface area contributed by atoms with Gasteiger partial charge in [0, 0.05) is 17.1 Å². The molecule has 2 aromatic carbocycles. The molecule has 1 aromatic heterocycles. The highest BCUT2D eigenvalue weighted by atomic mass is 35.5. The highest BCUT2D eigenvalue weighted by molar-refractivity contribution is 6.30. The van der Waals surface area contributed by atoms with Gasteiger partial charge in [0.05, 0.1) is 5.56 Å². The molecule has 0 saturated carbocycles. The number of carbonyl (C=O) groups is 1. The van der Waals surface area contributed by atoms with E-state index in [-0.39, 0.29) is 17.5 Å². The molecule has 1 aliphatic heterocycles. The Labute approximate surface area is 154 Å². The maximum atomic E-state index is 14.0. The number of benzene rings is 2. The second-order valence-electron chi connectivity index (χ2n) is 6.10. The van der Waals surface area contributed by atoms with Crippen LogP contribution >= 0.6 is 11.6 Å². The molecule has 5 nitrogen and oxygen atoms in total. The number of hydrogen-bond donors (Lipinski definition) is 0. The maximum Gasteiger partial charge on any atom is 0.257 e. The molecule has 0 spiro atoms. The van der Waals surface area contributed by atoms with Crippen LogP contribution in [-0.2, 0) is 0 Å². The number of rotatable bonds is 3. The minimum Gasteiger partial charge on any atom is -0.337 e. The molecule has 1 aliphatic rings. The van der Waals surface area contributed by atoms with Crippen molar-refractivity contribution in [2.75, 3.05) is 6.54 Å². The van der Waals surface area contributed by atoms with Gasteiger partial charge >= 0.3 is 0 Å². The third-order valence-electron chi connectivity index (χ3n) is 4.43. The lowest BCUT2D eigenvalue weighted by Crippen LogP contribution is -2.31. The summed E-state index contributed by atoms with van der Waals surface area (Å²) in [5, 5.41) is 4.57. The van der Waals surface area contributed by atoms with Crippen molar-refractivity contribution in [2.45, 2.75) is 18.9 Å². The average molecular weight is 372 g/mol. The summed E-state index contributed by atoms with van der Waals surface area (Å²) < 4.78 is 19.4. The van der Waals surface area contributed by atoms with Gasteiger partial charge < -0.3 is 9.42 Å². The van der Waals surface area contributed by atoms with Crippen LogP contribution in [0.15, 0.2) is 53.1 Å². The third kappa shape index (κ3) is 3.08. The summed E-state index contributed by atoms with van der Waals surface area (Å²) in [5.74, 6) is -0.142. The quantitative estimate of drug-likeness (QED) is 0.679. The second kappa shape index (κ2) is 6.88. The summed E-state index contributed by atoms with van der Waals surface area (Å²) in [6.07, 6.45) is 1.48. The van der Waals surface area contributed by atoms with Crippen molar-refractivity contribution in [1.82, 2.24) is 15.0 Å². The Morgan fingerprint density at radius 1 is 1.23 bits per heavy atom. The van der Waals surface area contributed by atoms with E-state index in [0.29, 0.717) is 29.7 Å². The van der Waals surface area contributed by atoms with Crippen LogP contribution in [0.25, 0.3) is 11.4 Å². The van der Waals surface area contributed by atoms with Gasteiger partial charge in [-0.2, -0.15) is 4.98 Å². The fourth-order valence-electron chi connectivity index (χ4n) is 3.17. The summed E-state index contributed by atoms with van der Waals surface area (Å²) in [6.45, 7) is 0.521. The molecular formula is C19H15ClFN3O2. The first-order chi connectivity index (χ1) is 12.6. The summed E-state index contributed by atoms with van der Waals surface area (Å²) in [5.41, 5.74) is 0.784. The van der Waals surface area contributed by atoms with Crippen LogP contribution in [0.5, 0.6) is 0 Å². The van der Waals surface area contributed by atoms with Crippen molar-refractivity contribution in [1.29, 1.82) is 0 Å². The molecule has 1 unspecified atom stereocenters. The molecule has 1 saturated heterocycles. The lowest BCUT2D eigenvalue weighted by atomic mass is 10.1. The van der Waals surface area contributed by atoms with E-state index in [0.717, 1.165) is 12.0 Å². The normalized spacial score (nSPS) is 16.8. The van der Waals surface area contributed by atoms with Crippen LogP contribution in [0.1, 0.15) is 35.1 Å². The van der Waals surface area contributed by atoms with Gasteiger partial charge in [-0.1, -0.05) is 41.0 Å². The number of aromatic nitrogens is 2. The zero-order valence-corrected chi connectivity index (χ0v) is 14.5. The van der Waals surface area contributed by atoms with Gasteiger partial charge in [-0.05, 0) is 37.1 Å². The van der Waals surface area contributed by atoms with Gasteiger partial charge in [0.15, 0.2) is 0 Å². The van der Waals surface area contributed by atoms with Crippen molar-refractivity contribution in [3.8, 4) is 11.4 Å². The van der Waals surface area contributed by atoms with E-state index >= 15 is 0 Å². The molecule has 1 amide bonds. The van der Waals surface area contributed by atoms with Crippen LogP contribution in [0.3, 0.4) is 0 Å². The van der Waals surface area contributed by atoms with E-state index in [1.807, 2.05) is 6.07 Å². The molecule has 2 heterocycles. The Morgan fingerprint density at radius 3 is 2.88 bits per heavy atom. The number of amides is 1. The van der Waals surface area contributed by atoms with E-state index in [4.69, 9.17) is 16.1 Å². The Balaban J connectivity index is 1.61. The van der Waals surface area contributed by atoms with Gasteiger partial charge in [-0.3, -0.25) is 4.79 Å². The largest absolute Gasteiger partial charge is 0.337 e. The Morgan fingerprint density at radius 2 is 2.08 bits per heavy atom. The SMILES string of the molecule is O=C(c1ccccc1F)N1CCCC1c1nc(-c2cccc(Cl)c2)no1. The molecular weight excluding hydrogens is 357 g/mol. The Hall–Kier alpha value is -2.73. The van der Waals surface area contributed by atoms with Crippen molar-refractivity contribution in [2.24, 2.45) is 0 Å². The molecule has 0 N–H and O–H groups in total. The topological polar surface area (TPSA) is 59.2 Å². The molecule has 132 valence electrons. The van der Waals surface area contributed by atoms with Crippen LogP contribution in [0, 0.1) is 5.82 Å².